The second-order valence-electron chi connectivity index (χ2n) is 4.29. The number of benzene rings is 1. The molecule has 1 heterocycles. The summed E-state index contributed by atoms with van der Waals surface area (Å²) in [5, 5.41) is 16.6. The maximum absolute atomic E-state index is 11.6. The predicted octanol–water partition coefficient (Wildman–Crippen LogP) is 2.45. The van der Waals surface area contributed by atoms with Gasteiger partial charge in [-0.05, 0) is 43.3 Å². The van der Waals surface area contributed by atoms with Crippen molar-refractivity contribution in [2.24, 2.45) is 0 Å². The Morgan fingerprint density at radius 1 is 1.53 bits per heavy atom. The van der Waals surface area contributed by atoms with Gasteiger partial charge in [0.05, 0.1) is 6.61 Å². The summed E-state index contributed by atoms with van der Waals surface area (Å²) in [5.74, 6) is 0. The van der Waals surface area contributed by atoms with Crippen LogP contribution in [0.2, 0.25) is 5.02 Å². The minimum atomic E-state index is -0.226. The van der Waals surface area contributed by atoms with Gasteiger partial charge in [0.15, 0.2) is 5.16 Å². The molecule has 2 rings (SSSR count). The van der Waals surface area contributed by atoms with Crippen molar-refractivity contribution in [3.63, 3.8) is 0 Å². The van der Waals surface area contributed by atoms with E-state index >= 15 is 0 Å². The molecule has 1 aromatic heterocycles. The first-order valence-electron chi connectivity index (χ1n) is 5.77. The molecule has 0 bridgehead atoms. The molecule has 0 unspecified atom stereocenters. The summed E-state index contributed by atoms with van der Waals surface area (Å²) < 4.78 is 1.58. The highest BCUT2D eigenvalue weighted by Crippen LogP contribution is 2.30. The molecule has 0 spiro atoms. The van der Waals surface area contributed by atoms with Crippen LogP contribution in [0.15, 0.2) is 33.0 Å². The number of aliphatic hydroxyl groups excluding tert-OH is 1. The molecule has 0 aliphatic carbocycles. The molecule has 0 fully saturated rings. The van der Waals surface area contributed by atoms with Gasteiger partial charge in [-0.3, -0.25) is 4.57 Å². The lowest BCUT2D eigenvalue weighted by Gasteiger charge is -2.09. The van der Waals surface area contributed by atoms with Crippen molar-refractivity contribution >= 4 is 23.4 Å². The summed E-state index contributed by atoms with van der Waals surface area (Å²) in [4.78, 5) is 12.5. The van der Waals surface area contributed by atoms with Gasteiger partial charge in [0.2, 0.25) is 0 Å². The van der Waals surface area contributed by atoms with Crippen molar-refractivity contribution in [3.05, 3.63) is 39.3 Å². The Morgan fingerprint density at radius 2 is 2.26 bits per heavy atom. The molecule has 0 saturated heterocycles. The van der Waals surface area contributed by atoms with Crippen molar-refractivity contribution in [3.8, 4) is 0 Å². The molecule has 0 aliphatic rings. The number of hydrogen-bond donors (Lipinski definition) is 2. The van der Waals surface area contributed by atoms with Crippen LogP contribution in [0.5, 0.6) is 0 Å². The van der Waals surface area contributed by atoms with Gasteiger partial charge in [-0.2, -0.15) is 0 Å². The van der Waals surface area contributed by atoms with E-state index in [4.69, 9.17) is 16.7 Å². The Balaban J connectivity index is 2.31. The van der Waals surface area contributed by atoms with E-state index in [2.05, 4.69) is 10.2 Å². The average molecular weight is 300 g/mol. The van der Waals surface area contributed by atoms with Gasteiger partial charge in [-0.25, -0.2) is 9.89 Å². The molecule has 0 amide bonds. The topological polar surface area (TPSA) is 70.9 Å². The van der Waals surface area contributed by atoms with Crippen LogP contribution in [0, 0.1) is 0 Å². The number of hydrogen-bond acceptors (Lipinski definition) is 4. The minimum Gasteiger partial charge on any atom is -0.392 e. The predicted molar refractivity (Wildman–Crippen MR) is 74.7 cm³/mol. The van der Waals surface area contributed by atoms with Gasteiger partial charge < -0.3 is 5.11 Å². The Hall–Kier alpha value is -1.24. The monoisotopic (exact) mass is 299 g/mol. The number of H-pyrrole nitrogens is 1. The number of halogens is 1. The van der Waals surface area contributed by atoms with Crippen molar-refractivity contribution in [2.75, 3.05) is 0 Å². The largest absolute Gasteiger partial charge is 0.392 e. The summed E-state index contributed by atoms with van der Waals surface area (Å²) in [5.41, 5.74) is 0.449. The van der Waals surface area contributed by atoms with E-state index in [1.807, 2.05) is 19.9 Å². The lowest BCUT2D eigenvalue weighted by Crippen LogP contribution is -2.19. The molecule has 102 valence electrons. The van der Waals surface area contributed by atoms with Gasteiger partial charge in [-0.1, -0.05) is 17.7 Å². The maximum Gasteiger partial charge on any atom is 0.344 e. The fourth-order valence-electron chi connectivity index (χ4n) is 1.64. The van der Waals surface area contributed by atoms with E-state index < -0.39 is 0 Å². The van der Waals surface area contributed by atoms with Crippen LogP contribution in [-0.4, -0.2) is 19.9 Å². The summed E-state index contributed by atoms with van der Waals surface area (Å²) in [6, 6.07) is 5.38. The highest BCUT2D eigenvalue weighted by atomic mass is 35.5. The molecule has 0 aliphatic heterocycles. The zero-order valence-electron chi connectivity index (χ0n) is 10.6. The number of aromatic nitrogens is 3. The first-order valence-corrected chi connectivity index (χ1v) is 6.96. The van der Waals surface area contributed by atoms with Crippen molar-refractivity contribution < 1.29 is 5.11 Å². The quantitative estimate of drug-likeness (QED) is 0.910. The van der Waals surface area contributed by atoms with Crippen molar-refractivity contribution in [1.82, 2.24) is 14.8 Å². The first-order chi connectivity index (χ1) is 9.02. The van der Waals surface area contributed by atoms with Gasteiger partial charge in [0.1, 0.15) is 0 Å². The molecular weight excluding hydrogens is 286 g/mol. The van der Waals surface area contributed by atoms with E-state index in [0.29, 0.717) is 15.7 Å². The maximum atomic E-state index is 11.6. The van der Waals surface area contributed by atoms with Gasteiger partial charge in [-0.15, -0.1) is 5.10 Å². The van der Waals surface area contributed by atoms with Gasteiger partial charge >= 0.3 is 5.69 Å². The number of aliphatic hydroxyl groups is 1. The number of nitrogens with one attached hydrogen (secondary N) is 1. The van der Waals surface area contributed by atoms with Crippen LogP contribution in [0.3, 0.4) is 0 Å². The normalized spacial score (nSPS) is 11.2. The third kappa shape index (κ3) is 3.02. The summed E-state index contributed by atoms with van der Waals surface area (Å²) >= 11 is 7.38. The molecule has 19 heavy (non-hydrogen) atoms. The lowest BCUT2D eigenvalue weighted by atomic mass is 10.2. The SMILES string of the molecule is CC(C)n1c(Sc2ccc(CO)c(Cl)c2)n[nH]c1=O. The van der Waals surface area contributed by atoms with Crippen molar-refractivity contribution in [1.29, 1.82) is 0 Å². The number of nitrogens with zero attached hydrogens (tertiary/aromatic N) is 2. The Kier molecular flexibility index (Phi) is 4.34. The van der Waals surface area contributed by atoms with Gasteiger partial charge in [0, 0.05) is 16.0 Å². The van der Waals surface area contributed by atoms with Gasteiger partial charge in [0.25, 0.3) is 0 Å². The van der Waals surface area contributed by atoms with Crippen LogP contribution < -0.4 is 5.69 Å². The van der Waals surface area contributed by atoms with Crippen LogP contribution >= 0.6 is 23.4 Å². The molecule has 2 N–H and O–H groups in total. The smallest absolute Gasteiger partial charge is 0.344 e. The molecule has 0 radical (unpaired) electrons. The van der Waals surface area contributed by atoms with Crippen LogP contribution in [0.4, 0.5) is 0 Å². The Labute approximate surface area is 119 Å². The summed E-state index contributed by atoms with van der Waals surface area (Å²) in [7, 11) is 0. The fraction of sp³-hybridized carbons (Fsp3) is 0.333. The fourth-order valence-corrected chi connectivity index (χ4v) is 2.95. The summed E-state index contributed by atoms with van der Waals surface area (Å²) in [6.45, 7) is 3.74. The van der Waals surface area contributed by atoms with E-state index in [-0.39, 0.29) is 18.3 Å². The van der Waals surface area contributed by atoms with E-state index in [1.54, 1.807) is 16.7 Å². The molecule has 7 heteroatoms. The molecular formula is C12H14ClN3O2S. The zero-order valence-corrected chi connectivity index (χ0v) is 12.1. The Bertz CT molecular complexity index is 636. The molecule has 0 saturated carbocycles. The molecule has 5 nitrogen and oxygen atoms in total. The third-order valence-corrected chi connectivity index (χ3v) is 3.90. The molecule has 0 atom stereocenters. The first kappa shape index (κ1) is 14.2. The van der Waals surface area contributed by atoms with E-state index in [1.165, 1.54) is 11.8 Å². The average Bonchev–Trinajstić information content (AvgIpc) is 2.70. The highest BCUT2D eigenvalue weighted by molar-refractivity contribution is 7.99. The molecule has 2 aromatic rings. The highest BCUT2D eigenvalue weighted by Gasteiger charge is 2.13. The Morgan fingerprint density at radius 3 is 2.84 bits per heavy atom. The van der Waals surface area contributed by atoms with Crippen LogP contribution in [-0.2, 0) is 6.61 Å². The number of aromatic amines is 1. The zero-order chi connectivity index (χ0) is 14.0. The van der Waals surface area contributed by atoms with Crippen LogP contribution in [0.25, 0.3) is 0 Å². The van der Waals surface area contributed by atoms with Crippen LogP contribution in [0.1, 0.15) is 25.5 Å². The third-order valence-electron chi connectivity index (χ3n) is 2.59. The number of rotatable bonds is 4. The second-order valence-corrected chi connectivity index (χ2v) is 5.74. The summed E-state index contributed by atoms with van der Waals surface area (Å²) in [6.07, 6.45) is 0. The van der Waals surface area contributed by atoms with Crippen molar-refractivity contribution in [2.45, 2.75) is 36.5 Å². The van der Waals surface area contributed by atoms with E-state index in [9.17, 15) is 4.79 Å². The molecule has 1 aromatic carbocycles. The second kappa shape index (κ2) is 5.81. The van der Waals surface area contributed by atoms with E-state index in [0.717, 1.165) is 4.90 Å². The standard InChI is InChI=1S/C12H14ClN3O2S/c1-7(2)16-11(18)14-15-12(16)19-9-4-3-8(6-17)10(13)5-9/h3-5,7,17H,6H2,1-2H3,(H,14,18). The minimum absolute atomic E-state index is 0.0286. The lowest BCUT2D eigenvalue weighted by molar-refractivity contribution is 0.282.